The number of hydrogen-bond donors (Lipinski definition) is 1. The first-order valence-corrected chi connectivity index (χ1v) is 7.22. The van der Waals surface area contributed by atoms with E-state index in [9.17, 15) is 0 Å². The minimum Gasteiger partial charge on any atom is -0.310 e. The van der Waals surface area contributed by atoms with Crippen LogP contribution < -0.4 is 5.32 Å². The van der Waals surface area contributed by atoms with Crippen LogP contribution in [0.5, 0.6) is 0 Å². The number of aromatic nitrogens is 1. The summed E-state index contributed by atoms with van der Waals surface area (Å²) < 4.78 is 0. The molecule has 1 rings (SSSR count). The van der Waals surface area contributed by atoms with Gasteiger partial charge in [-0.2, -0.15) is 0 Å². The third-order valence-electron chi connectivity index (χ3n) is 3.87. The van der Waals surface area contributed by atoms with Gasteiger partial charge >= 0.3 is 0 Å². The standard InChI is InChI=1S/C16H29N3/c1-7-16(4,5)17-11-14(3)19(6)12-15-10-8-9-13(2)18-15/h8-10,14,17H,7,11-12H2,1-6H3. The Bertz CT molecular complexity index is 387. The molecule has 1 heterocycles. The molecule has 0 saturated carbocycles. The Hall–Kier alpha value is -0.930. The Kier molecular flexibility index (Phi) is 5.95. The van der Waals surface area contributed by atoms with E-state index >= 15 is 0 Å². The highest BCUT2D eigenvalue weighted by atomic mass is 15.2. The fraction of sp³-hybridized carbons (Fsp3) is 0.688. The van der Waals surface area contributed by atoms with Gasteiger partial charge in [-0.05, 0) is 53.3 Å². The topological polar surface area (TPSA) is 28.2 Å². The van der Waals surface area contributed by atoms with Crippen molar-refractivity contribution in [2.75, 3.05) is 13.6 Å². The monoisotopic (exact) mass is 263 g/mol. The van der Waals surface area contributed by atoms with Gasteiger partial charge in [0, 0.05) is 30.4 Å². The summed E-state index contributed by atoms with van der Waals surface area (Å²) >= 11 is 0. The molecular weight excluding hydrogens is 234 g/mol. The summed E-state index contributed by atoms with van der Waals surface area (Å²) in [5.41, 5.74) is 2.45. The van der Waals surface area contributed by atoms with Crippen molar-refractivity contribution in [2.45, 2.75) is 59.2 Å². The average Bonchev–Trinajstić information content (AvgIpc) is 2.36. The lowest BCUT2D eigenvalue weighted by Gasteiger charge is -2.30. The van der Waals surface area contributed by atoms with Gasteiger partial charge in [0.15, 0.2) is 0 Å². The molecule has 1 aromatic heterocycles. The highest BCUT2D eigenvalue weighted by molar-refractivity contribution is 5.09. The molecule has 0 aromatic carbocycles. The minimum atomic E-state index is 0.219. The van der Waals surface area contributed by atoms with Crippen LogP contribution in [-0.4, -0.2) is 35.1 Å². The average molecular weight is 263 g/mol. The Morgan fingerprint density at radius 1 is 1.37 bits per heavy atom. The van der Waals surface area contributed by atoms with Gasteiger partial charge in [-0.3, -0.25) is 9.88 Å². The van der Waals surface area contributed by atoms with Crippen LogP contribution >= 0.6 is 0 Å². The molecular formula is C16H29N3. The van der Waals surface area contributed by atoms with Gasteiger partial charge < -0.3 is 5.32 Å². The molecule has 0 aliphatic heterocycles. The van der Waals surface area contributed by atoms with Gasteiger partial charge in [-0.15, -0.1) is 0 Å². The second-order valence-corrected chi connectivity index (χ2v) is 6.15. The lowest BCUT2D eigenvalue weighted by molar-refractivity contribution is 0.221. The second-order valence-electron chi connectivity index (χ2n) is 6.15. The lowest BCUT2D eigenvalue weighted by Crippen LogP contribution is -2.46. The fourth-order valence-corrected chi connectivity index (χ4v) is 1.80. The number of likely N-dealkylation sites (N-methyl/N-ethyl adjacent to an activating group) is 1. The third-order valence-corrected chi connectivity index (χ3v) is 3.87. The summed E-state index contributed by atoms with van der Waals surface area (Å²) in [4.78, 5) is 6.91. The number of hydrogen-bond acceptors (Lipinski definition) is 3. The van der Waals surface area contributed by atoms with Crippen molar-refractivity contribution < 1.29 is 0 Å². The summed E-state index contributed by atoms with van der Waals surface area (Å²) in [5.74, 6) is 0. The van der Waals surface area contributed by atoms with E-state index in [4.69, 9.17) is 0 Å². The molecule has 1 aromatic rings. The van der Waals surface area contributed by atoms with Crippen molar-refractivity contribution in [2.24, 2.45) is 0 Å². The van der Waals surface area contributed by atoms with Crippen molar-refractivity contribution in [3.05, 3.63) is 29.6 Å². The van der Waals surface area contributed by atoms with Crippen molar-refractivity contribution in [1.29, 1.82) is 0 Å². The number of aryl methyl sites for hydroxylation is 1. The predicted molar refractivity (Wildman–Crippen MR) is 82.3 cm³/mol. The zero-order chi connectivity index (χ0) is 14.5. The fourth-order valence-electron chi connectivity index (χ4n) is 1.80. The van der Waals surface area contributed by atoms with E-state index in [0.717, 1.165) is 30.9 Å². The van der Waals surface area contributed by atoms with E-state index in [1.807, 2.05) is 13.0 Å². The highest BCUT2D eigenvalue weighted by Gasteiger charge is 2.17. The molecule has 0 fully saturated rings. The molecule has 0 aliphatic rings. The molecule has 0 saturated heterocycles. The summed E-state index contributed by atoms with van der Waals surface area (Å²) in [6.45, 7) is 12.9. The van der Waals surface area contributed by atoms with E-state index in [1.54, 1.807) is 0 Å². The Morgan fingerprint density at radius 3 is 2.63 bits per heavy atom. The SMILES string of the molecule is CCC(C)(C)NCC(C)N(C)Cc1cccc(C)n1. The molecule has 3 nitrogen and oxygen atoms in total. The third kappa shape index (κ3) is 5.70. The molecule has 0 radical (unpaired) electrons. The van der Waals surface area contributed by atoms with Crippen LogP contribution in [0.2, 0.25) is 0 Å². The Balaban J connectivity index is 2.47. The van der Waals surface area contributed by atoms with Crippen LogP contribution in [-0.2, 0) is 6.54 Å². The maximum absolute atomic E-state index is 4.56. The van der Waals surface area contributed by atoms with Crippen molar-refractivity contribution in [3.8, 4) is 0 Å². The van der Waals surface area contributed by atoms with Gasteiger partial charge in [0.1, 0.15) is 0 Å². The zero-order valence-electron chi connectivity index (χ0n) is 13.3. The molecule has 0 bridgehead atoms. The van der Waals surface area contributed by atoms with E-state index in [-0.39, 0.29) is 5.54 Å². The molecule has 0 amide bonds. The minimum absolute atomic E-state index is 0.219. The first kappa shape index (κ1) is 16.1. The van der Waals surface area contributed by atoms with Crippen LogP contribution in [0.3, 0.4) is 0 Å². The quantitative estimate of drug-likeness (QED) is 0.819. The number of pyridine rings is 1. The molecule has 0 aliphatic carbocycles. The first-order valence-electron chi connectivity index (χ1n) is 7.22. The maximum Gasteiger partial charge on any atom is 0.0547 e. The van der Waals surface area contributed by atoms with Crippen LogP contribution in [0.15, 0.2) is 18.2 Å². The smallest absolute Gasteiger partial charge is 0.0547 e. The van der Waals surface area contributed by atoms with Gasteiger partial charge in [0.05, 0.1) is 5.69 Å². The van der Waals surface area contributed by atoms with Crippen LogP contribution in [0.1, 0.15) is 45.5 Å². The van der Waals surface area contributed by atoms with Gasteiger partial charge in [-0.25, -0.2) is 0 Å². The van der Waals surface area contributed by atoms with E-state index in [2.05, 4.69) is 62.1 Å². The zero-order valence-corrected chi connectivity index (χ0v) is 13.3. The number of nitrogens with zero attached hydrogens (tertiary/aromatic N) is 2. The molecule has 108 valence electrons. The molecule has 1 unspecified atom stereocenters. The molecule has 1 N–H and O–H groups in total. The van der Waals surface area contributed by atoms with Crippen LogP contribution in [0.25, 0.3) is 0 Å². The highest BCUT2D eigenvalue weighted by Crippen LogP contribution is 2.09. The van der Waals surface area contributed by atoms with Crippen LogP contribution in [0, 0.1) is 6.92 Å². The van der Waals surface area contributed by atoms with Gasteiger partial charge in [0.25, 0.3) is 0 Å². The maximum atomic E-state index is 4.56. The first-order chi connectivity index (χ1) is 8.84. The summed E-state index contributed by atoms with van der Waals surface area (Å²) in [6, 6.07) is 6.71. The lowest BCUT2D eigenvalue weighted by atomic mass is 10.0. The normalized spacial score (nSPS) is 13.8. The van der Waals surface area contributed by atoms with Crippen molar-refractivity contribution in [1.82, 2.24) is 15.2 Å². The molecule has 3 heteroatoms. The van der Waals surface area contributed by atoms with Gasteiger partial charge in [0.2, 0.25) is 0 Å². The summed E-state index contributed by atoms with van der Waals surface area (Å²) in [5, 5.41) is 3.62. The summed E-state index contributed by atoms with van der Waals surface area (Å²) in [7, 11) is 2.16. The largest absolute Gasteiger partial charge is 0.310 e. The van der Waals surface area contributed by atoms with Crippen LogP contribution in [0.4, 0.5) is 0 Å². The second kappa shape index (κ2) is 7.01. The Labute approximate surface area is 118 Å². The molecule has 19 heavy (non-hydrogen) atoms. The van der Waals surface area contributed by atoms with Gasteiger partial charge in [-0.1, -0.05) is 13.0 Å². The predicted octanol–water partition coefficient (Wildman–Crippen LogP) is 2.99. The van der Waals surface area contributed by atoms with E-state index in [1.165, 1.54) is 0 Å². The van der Waals surface area contributed by atoms with Crippen molar-refractivity contribution in [3.63, 3.8) is 0 Å². The Morgan fingerprint density at radius 2 is 2.05 bits per heavy atom. The molecule has 0 spiro atoms. The molecule has 1 atom stereocenters. The van der Waals surface area contributed by atoms with Crippen molar-refractivity contribution >= 4 is 0 Å². The summed E-state index contributed by atoms with van der Waals surface area (Å²) in [6.07, 6.45) is 1.14. The van der Waals surface area contributed by atoms with E-state index in [0.29, 0.717) is 6.04 Å². The number of rotatable bonds is 7. The number of nitrogens with one attached hydrogen (secondary N) is 1. The van der Waals surface area contributed by atoms with E-state index < -0.39 is 0 Å².